The monoisotopic (exact) mass is 400 g/mol. The summed E-state index contributed by atoms with van der Waals surface area (Å²) < 4.78 is 19.0. The third kappa shape index (κ3) is 4.47. The van der Waals surface area contributed by atoms with Crippen LogP contribution in [0.5, 0.6) is 0 Å². The Kier molecular flexibility index (Phi) is 5.52. The average Bonchev–Trinajstić information content (AvgIpc) is 2.93. The van der Waals surface area contributed by atoms with E-state index in [-0.39, 0.29) is 11.9 Å². The Morgan fingerprint density at radius 3 is 2.62 bits per heavy atom. The Bertz CT molecular complexity index is 645. The molecule has 0 saturated carbocycles. The van der Waals surface area contributed by atoms with E-state index < -0.39 is 17.5 Å². The Hall–Kier alpha value is -1.63. The van der Waals surface area contributed by atoms with Crippen LogP contribution < -0.4 is 0 Å². The van der Waals surface area contributed by atoms with Crippen LogP contribution in [0.25, 0.3) is 0 Å². The lowest BCUT2D eigenvalue weighted by Crippen LogP contribution is -2.42. The van der Waals surface area contributed by atoms with Crippen molar-refractivity contribution in [2.75, 3.05) is 20.1 Å². The molecule has 0 aliphatic carbocycles. The zero-order valence-electron chi connectivity index (χ0n) is 14.3. The Balaban J connectivity index is 2.02. The molecule has 0 N–H and O–H groups in total. The summed E-state index contributed by atoms with van der Waals surface area (Å²) in [7, 11) is 1.68. The first-order valence-electron chi connectivity index (χ1n) is 7.78. The van der Waals surface area contributed by atoms with Crippen LogP contribution in [0.3, 0.4) is 0 Å². The summed E-state index contributed by atoms with van der Waals surface area (Å²) in [5.41, 5.74) is -0.143. The maximum absolute atomic E-state index is 13.2. The molecule has 1 aromatic carbocycles. The molecule has 132 valence electrons. The number of hydrogen-bond donors (Lipinski definition) is 0. The van der Waals surface area contributed by atoms with Gasteiger partial charge in [0.2, 0.25) is 0 Å². The molecule has 24 heavy (non-hydrogen) atoms. The van der Waals surface area contributed by atoms with E-state index in [2.05, 4.69) is 15.9 Å². The summed E-state index contributed by atoms with van der Waals surface area (Å²) in [4.78, 5) is 27.9. The quantitative estimate of drug-likeness (QED) is 0.760. The first-order chi connectivity index (χ1) is 11.1. The lowest BCUT2D eigenvalue weighted by Gasteiger charge is -2.28. The van der Waals surface area contributed by atoms with Crippen molar-refractivity contribution >= 4 is 27.9 Å². The largest absolute Gasteiger partial charge is 0.444 e. The number of likely N-dealkylation sites (tertiary alicyclic amines) is 1. The third-order valence-corrected chi connectivity index (χ3v) is 4.50. The molecule has 1 fully saturated rings. The normalized spacial score (nSPS) is 17.8. The number of carbonyl (C=O) groups is 2. The predicted octanol–water partition coefficient (Wildman–Crippen LogP) is 3.67. The van der Waals surface area contributed by atoms with Crippen molar-refractivity contribution < 1.29 is 18.7 Å². The van der Waals surface area contributed by atoms with E-state index in [1.165, 1.54) is 23.1 Å². The average molecular weight is 401 g/mol. The van der Waals surface area contributed by atoms with Gasteiger partial charge in [-0.25, -0.2) is 9.18 Å². The summed E-state index contributed by atoms with van der Waals surface area (Å²) in [5, 5.41) is 0. The summed E-state index contributed by atoms with van der Waals surface area (Å²) in [6.07, 6.45) is 0.282. The predicted molar refractivity (Wildman–Crippen MR) is 92.4 cm³/mol. The fourth-order valence-corrected chi connectivity index (χ4v) is 3.08. The van der Waals surface area contributed by atoms with Crippen LogP contribution in [-0.2, 0) is 4.74 Å². The van der Waals surface area contributed by atoms with Gasteiger partial charge in [-0.05, 0) is 61.3 Å². The maximum atomic E-state index is 13.2. The van der Waals surface area contributed by atoms with Gasteiger partial charge >= 0.3 is 6.09 Å². The van der Waals surface area contributed by atoms with Crippen molar-refractivity contribution in [1.29, 1.82) is 0 Å². The summed E-state index contributed by atoms with van der Waals surface area (Å²) in [5.74, 6) is -0.579. The molecule has 2 rings (SSSR count). The smallest absolute Gasteiger partial charge is 0.410 e. The van der Waals surface area contributed by atoms with Crippen LogP contribution in [0.2, 0.25) is 0 Å². The molecule has 0 radical (unpaired) electrons. The first-order valence-corrected chi connectivity index (χ1v) is 8.58. The highest BCUT2D eigenvalue weighted by atomic mass is 79.9. The molecule has 0 aromatic heterocycles. The molecule has 1 aliphatic rings. The fourth-order valence-electron chi connectivity index (χ4n) is 2.56. The Labute approximate surface area is 149 Å². The van der Waals surface area contributed by atoms with E-state index in [4.69, 9.17) is 4.74 Å². The van der Waals surface area contributed by atoms with E-state index in [1.807, 2.05) is 20.8 Å². The standard InChI is InChI=1S/C17H22BrFN2O3/c1-17(2,3)24-16(23)20(4)12-7-8-21(10-12)15(22)13-6-5-11(19)9-14(13)18/h5-6,9,12H,7-8,10H2,1-4H3/t12-/m0/s1. The third-order valence-electron chi connectivity index (χ3n) is 3.84. The molecule has 2 amide bonds. The highest BCUT2D eigenvalue weighted by molar-refractivity contribution is 9.10. The van der Waals surface area contributed by atoms with Crippen molar-refractivity contribution in [1.82, 2.24) is 9.80 Å². The number of nitrogens with zero attached hydrogens (tertiary/aromatic N) is 2. The molecule has 7 heteroatoms. The minimum atomic E-state index is -0.557. The van der Waals surface area contributed by atoms with Gasteiger partial charge in [-0.2, -0.15) is 0 Å². The van der Waals surface area contributed by atoms with Crippen LogP contribution in [0.15, 0.2) is 22.7 Å². The molecule has 1 aliphatic heterocycles. The molecule has 1 saturated heterocycles. The molecule has 1 atom stereocenters. The van der Waals surface area contributed by atoms with Gasteiger partial charge in [0, 0.05) is 24.6 Å². The van der Waals surface area contributed by atoms with E-state index >= 15 is 0 Å². The van der Waals surface area contributed by atoms with Crippen LogP contribution in [0, 0.1) is 5.82 Å². The number of likely N-dealkylation sites (N-methyl/N-ethyl adjacent to an activating group) is 1. The van der Waals surface area contributed by atoms with Crippen molar-refractivity contribution in [3.63, 3.8) is 0 Å². The number of amides is 2. The van der Waals surface area contributed by atoms with Gasteiger partial charge in [-0.15, -0.1) is 0 Å². The fraction of sp³-hybridized carbons (Fsp3) is 0.529. The minimum Gasteiger partial charge on any atom is -0.444 e. The van der Waals surface area contributed by atoms with Gasteiger partial charge in [-0.3, -0.25) is 4.79 Å². The second-order valence-corrected chi connectivity index (χ2v) is 7.76. The lowest BCUT2D eigenvalue weighted by atomic mass is 10.2. The van der Waals surface area contributed by atoms with Crippen molar-refractivity contribution in [3.05, 3.63) is 34.1 Å². The van der Waals surface area contributed by atoms with E-state index in [0.29, 0.717) is 29.5 Å². The zero-order chi connectivity index (χ0) is 18.1. The molecule has 1 heterocycles. The topological polar surface area (TPSA) is 49.9 Å². The van der Waals surface area contributed by atoms with Crippen LogP contribution >= 0.6 is 15.9 Å². The van der Waals surface area contributed by atoms with E-state index in [9.17, 15) is 14.0 Å². The minimum absolute atomic E-state index is 0.0944. The van der Waals surface area contributed by atoms with Gasteiger partial charge < -0.3 is 14.5 Å². The van der Waals surface area contributed by atoms with Crippen LogP contribution in [0.1, 0.15) is 37.6 Å². The summed E-state index contributed by atoms with van der Waals surface area (Å²) in [6, 6.07) is 3.90. The molecule has 5 nitrogen and oxygen atoms in total. The number of benzene rings is 1. The molecule has 1 aromatic rings. The summed E-state index contributed by atoms with van der Waals surface area (Å²) in [6.45, 7) is 6.42. The summed E-state index contributed by atoms with van der Waals surface area (Å²) >= 11 is 3.22. The number of ether oxygens (including phenoxy) is 1. The SMILES string of the molecule is CN(C(=O)OC(C)(C)C)[C@H]1CCN(C(=O)c2ccc(F)cc2Br)C1. The maximum Gasteiger partial charge on any atom is 0.410 e. The molecule has 0 bridgehead atoms. The van der Waals surface area contributed by atoms with Gasteiger partial charge in [-0.1, -0.05) is 0 Å². The van der Waals surface area contributed by atoms with Crippen LogP contribution in [0.4, 0.5) is 9.18 Å². The number of carbonyl (C=O) groups excluding carboxylic acids is 2. The van der Waals surface area contributed by atoms with Crippen molar-refractivity contribution in [2.24, 2.45) is 0 Å². The first kappa shape index (κ1) is 18.7. The van der Waals surface area contributed by atoms with Crippen molar-refractivity contribution in [2.45, 2.75) is 38.8 Å². The second-order valence-electron chi connectivity index (χ2n) is 6.91. The molecule has 0 spiro atoms. The molecular formula is C17H22BrFN2O3. The number of rotatable bonds is 2. The number of hydrogen-bond acceptors (Lipinski definition) is 3. The lowest BCUT2D eigenvalue weighted by molar-refractivity contribution is 0.0226. The van der Waals surface area contributed by atoms with E-state index in [0.717, 1.165) is 0 Å². The highest BCUT2D eigenvalue weighted by Gasteiger charge is 2.33. The Morgan fingerprint density at radius 2 is 2.04 bits per heavy atom. The molecule has 0 unspecified atom stereocenters. The van der Waals surface area contributed by atoms with Gasteiger partial charge in [0.1, 0.15) is 11.4 Å². The Morgan fingerprint density at radius 1 is 1.38 bits per heavy atom. The number of halogens is 2. The van der Waals surface area contributed by atoms with Gasteiger partial charge in [0.05, 0.1) is 11.6 Å². The zero-order valence-corrected chi connectivity index (χ0v) is 15.9. The molecular weight excluding hydrogens is 379 g/mol. The second kappa shape index (κ2) is 7.09. The van der Waals surface area contributed by atoms with Gasteiger partial charge in [0.25, 0.3) is 5.91 Å². The van der Waals surface area contributed by atoms with Crippen molar-refractivity contribution in [3.8, 4) is 0 Å². The van der Waals surface area contributed by atoms with E-state index in [1.54, 1.807) is 11.9 Å². The highest BCUT2D eigenvalue weighted by Crippen LogP contribution is 2.23. The van der Waals surface area contributed by atoms with Gasteiger partial charge in [0.15, 0.2) is 0 Å². The van der Waals surface area contributed by atoms with Crippen LogP contribution in [-0.4, -0.2) is 53.6 Å².